The Labute approximate surface area is 97.8 Å². The van der Waals surface area contributed by atoms with Gasteiger partial charge in [-0.05, 0) is 38.1 Å². The Kier molecular flexibility index (Phi) is 2.41. The third-order valence-electron chi connectivity index (χ3n) is 2.76. The minimum absolute atomic E-state index is 0.228. The van der Waals surface area contributed by atoms with Gasteiger partial charge < -0.3 is 0 Å². The highest BCUT2D eigenvalue weighted by atomic mass is 16.2. The Morgan fingerprint density at radius 3 is 2.12 bits per heavy atom. The van der Waals surface area contributed by atoms with Gasteiger partial charge in [-0.15, -0.1) is 0 Å². The Balaban J connectivity index is 2.29. The lowest BCUT2D eigenvalue weighted by Gasteiger charge is -2.41. The highest BCUT2D eigenvalue weighted by molar-refractivity contribution is 6.35. The first-order chi connectivity index (χ1) is 7.98. The van der Waals surface area contributed by atoms with E-state index in [1.54, 1.807) is 38.1 Å². The Bertz CT molecular complexity index is 521. The predicted molar refractivity (Wildman–Crippen MR) is 60.5 cm³/mol. The monoisotopic (exact) mass is 230 g/mol. The number of β-lactam (4-membered cyclic amide) rings is 2. The molecule has 5 nitrogen and oxygen atoms in total. The molecule has 2 amide bonds. The van der Waals surface area contributed by atoms with Crippen molar-refractivity contribution in [1.29, 1.82) is 0 Å². The third-order valence-corrected chi connectivity index (χ3v) is 2.76. The zero-order valence-electron chi connectivity index (χ0n) is 9.43. The van der Waals surface area contributed by atoms with Crippen molar-refractivity contribution in [3.63, 3.8) is 0 Å². The van der Waals surface area contributed by atoms with E-state index in [0.29, 0.717) is 11.4 Å². The van der Waals surface area contributed by atoms with E-state index in [1.165, 1.54) is 6.08 Å². The Hall–Kier alpha value is -2.26. The molecule has 1 aromatic carbocycles. The van der Waals surface area contributed by atoms with Crippen LogP contribution in [0.5, 0.6) is 0 Å². The van der Waals surface area contributed by atoms with Crippen molar-refractivity contribution in [2.75, 3.05) is 4.90 Å². The summed E-state index contributed by atoms with van der Waals surface area (Å²) in [5.41, 5.74) is -0.00722. The summed E-state index contributed by atoms with van der Waals surface area (Å²) >= 11 is 0. The molecule has 1 heterocycles. The first-order valence-electron chi connectivity index (χ1n) is 5.05. The van der Waals surface area contributed by atoms with Gasteiger partial charge in [0.2, 0.25) is 17.9 Å². The topological polar surface area (TPSA) is 66.8 Å². The van der Waals surface area contributed by atoms with Crippen LogP contribution in [0.2, 0.25) is 0 Å². The highest BCUT2D eigenvalue weighted by Gasteiger charge is 2.54. The van der Waals surface area contributed by atoms with E-state index < -0.39 is 5.41 Å². The maximum Gasteiger partial charge on any atom is 0.248 e. The fraction of sp³-hybridized carbons (Fsp3) is 0.250. The number of carbonyl (C=O) groups is 2. The van der Waals surface area contributed by atoms with Crippen LogP contribution in [0.3, 0.4) is 0 Å². The number of hydrogen-bond donors (Lipinski definition) is 0. The lowest BCUT2D eigenvalue weighted by molar-refractivity contribution is -0.149. The maximum absolute atomic E-state index is 11.7. The molecule has 0 atom stereocenters. The molecular weight excluding hydrogens is 220 g/mol. The van der Waals surface area contributed by atoms with Gasteiger partial charge in [-0.1, -0.05) is 0 Å². The minimum atomic E-state index is -0.931. The second-order valence-corrected chi connectivity index (χ2v) is 4.29. The fourth-order valence-corrected chi connectivity index (χ4v) is 1.65. The summed E-state index contributed by atoms with van der Waals surface area (Å²) in [4.78, 5) is 38.0. The molecule has 1 saturated heterocycles. The number of benzene rings is 1. The smallest absolute Gasteiger partial charge is 0.248 e. The number of rotatable bonds is 2. The van der Waals surface area contributed by atoms with Gasteiger partial charge in [0.05, 0.1) is 11.4 Å². The van der Waals surface area contributed by atoms with E-state index in [0.717, 1.165) is 4.90 Å². The van der Waals surface area contributed by atoms with Crippen molar-refractivity contribution in [2.24, 2.45) is 10.4 Å². The molecule has 0 radical (unpaired) electrons. The quantitative estimate of drug-likeness (QED) is 0.335. The lowest BCUT2D eigenvalue weighted by Crippen LogP contribution is -2.63. The van der Waals surface area contributed by atoms with Crippen molar-refractivity contribution < 1.29 is 14.4 Å². The molecule has 1 aliphatic heterocycles. The van der Waals surface area contributed by atoms with E-state index in [4.69, 9.17) is 0 Å². The molecule has 0 bridgehead atoms. The van der Waals surface area contributed by atoms with Gasteiger partial charge in [0, 0.05) is 0 Å². The molecule has 86 valence electrons. The highest BCUT2D eigenvalue weighted by Crippen LogP contribution is 2.37. The van der Waals surface area contributed by atoms with Gasteiger partial charge in [0.1, 0.15) is 5.41 Å². The van der Waals surface area contributed by atoms with Crippen LogP contribution >= 0.6 is 0 Å². The molecule has 2 rings (SSSR count). The number of isocyanates is 1. The van der Waals surface area contributed by atoms with Gasteiger partial charge in [-0.25, -0.2) is 9.69 Å². The molecule has 5 heteroatoms. The van der Waals surface area contributed by atoms with Gasteiger partial charge in [-0.3, -0.25) is 9.59 Å². The first kappa shape index (κ1) is 11.2. The zero-order valence-corrected chi connectivity index (χ0v) is 9.43. The van der Waals surface area contributed by atoms with Crippen molar-refractivity contribution in [2.45, 2.75) is 13.8 Å². The summed E-state index contributed by atoms with van der Waals surface area (Å²) in [5.74, 6) is -0.455. The van der Waals surface area contributed by atoms with Crippen LogP contribution in [0.4, 0.5) is 11.4 Å². The van der Waals surface area contributed by atoms with Crippen LogP contribution in [0, 0.1) is 5.41 Å². The molecule has 17 heavy (non-hydrogen) atoms. The van der Waals surface area contributed by atoms with E-state index in [9.17, 15) is 14.4 Å². The van der Waals surface area contributed by atoms with Gasteiger partial charge in [-0.2, -0.15) is 4.99 Å². The van der Waals surface area contributed by atoms with E-state index in [-0.39, 0.29) is 11.8 Å². The number of amides is 2. The van der Waals surface area contributed by atoms with Crippen molar-refractivity contribution in [1.82, 2.24) is 0 Å². The molecule has 0 aromatic heterocycles. The number of anilines is 1. The van der Waals surface area contributed by atoms with Crippen molar-refractivity contribution >= 4 is 29.3 Å². The normalized spacial score (nSPS) is 17.4. The molecule has 0 N–H and O–H groups in total. The van der Waals surface area contributed by atoms with Crippen LogP contribution in [-0.2, 0) is 14.4 Å². The predicted octanol–water partition coefficient (Wildman–Crippen LogP) is 1.55. The molecule has 1 fully saturated rings. The van der Waals surface area contributed by atoms with E-state index in [1.807, 2.05) is 0 Å². The summed E-state index contributed by atoms with van der Waals surface area (Å²) in [6.07, 6.45) is 1.42. The third kappa shape index (κ3) is 1.57. The molecule has 1 aliphatic rings. The lowest BCUT2D eigenvalue weighted by atomic mass is 9.81. The fourth-order valence-electron chi connectivity index (χ4n) is 1.65. The number of nitrogens with zero attached hydrogens (tertiary/aromatic N) is 2. The standard InChI is InChI=1S/C12H10N2O3/c1-12(2)10(16)14(11(12)17)9-5-3-8(4-6-9)13-7-15/h3-6H,1-2H3. The molecular formula is C12H10N2O3. The van der Waals surface area contributed by atoms with E-state index >= 15 is 0 Å². The summed E-state index contributed by atoms with van der Waals surface area (Å²) in [5, 5.41) is 0. The largest absolute Gasteiger partial charge is 0.273 e. The number of aliphatic imine (C=N–C) groups is 1. The summed E-state index contributed by atoms with van der Waals surface area (Å²) < 4.78 is 0. The van der Waals surface area contributed by atoms with Crippen molar-refractivity contribution in [3.8, 4) is 0 Å². The van der Waals surface area contributed by atoms with Crippen LogP contribution in [0.1, 0.15) is 13.8 Å². The van der Waals surface area contributed by atoms with Crippen LogP contribution < -0.4 is 4.90 Å². The van der Waals surface area contributed by atoms with Gasteiger partial charge in [0.15, 0.2) is 0 Å². The zero-order chi connectivity index (χ0) is 12.6. The molecule has 1 aromatic rings. The van der Waals surface area contributed by atoms with E-state index in [2.05, 4.69) is 4.99 Å². The SMILES string of the molecule is CC1(C)C(=O)N(c2ccc(N=C=O)cc2)C1=O. The Morgan fingerprint density at radius 2 is 1.65 bits per heavy atom. The van der Waals surface area contributed by atoms with Gasteiger partial charge >= 0.3 is 0 Å². The second kappa shape index (κ2) is 3.64. The summed E-state index contributed by atoms with van der Waals surface area (Å²) in [6, 6.07) is 6.24. The first-order valence-corrected chi connectivity index (χ1v) is 5.05. The van der Waals surface area contributed by atoms with Crippen LogP contribution in [-0.4, -0.2) is 17.9 Å². The number of hydrogen-bond acceptors (Lipinski definition) is 4. The van der Waals surface area contributed by atoms with Crippen LogP contribution in [0.15, 0.2) is 29.3 Å². The molecule has 0 spiro atoms. The number of carbonyl (C=O) groups excluding carboxylic acids is 3. The molecule has 0 unspecified atom stereocenters. The number of imide groups is 1. The summed E-state index contributed by atoms with van der Waals surface area (Å²) in [7, 11) is 0. The maximum atomic E-state index is 11.7. The average Bonchev–Trinajstić information content (AvgIpc) is 2.32. The molecule has 0 saturated carbocycles. The summed E-state index contributed by atoms with van der Waals surface area (Å²) in [6.45, 7) is 3.19. The average molecular weight is 230 g/mol. The van der Waals surface area contributed by atoms with Gasteiger partial charge in [0.25, 0.3) is 0 Å². The van der Waals surface area contributed by atoms with Crippen LogP contribution in [0.25, 0.3) is 0 Å². The van der Waals surface area contributed by atoms with Crippen molar-refractivity contribution in [3.05, 3.63) is 24.3 Å². The Morgan fingerprint density at radius 1 is 1.12 bits per heavy atom. The molecule has 0 aliphatic carbocycles. The minimum Gasteiger partial charge on any atom is -0.273 e. The second-order valence-electron chi connectivity index (χ2n) is 4.29.